The normalized spacial score (nSPS) is 26.4. The van der Waals surface area contributed by atoms with Gasteiger partial charge in [-0.1, -0.05) is 0 Å². The summed E-state index contributed by atoms with van der Waals surface area (Å²) in [6, 6.07) is 0. The second kappa shape index (κ2) is 4.60. The van der Waals surface area contributed by atoms with Crippen LogP contribution in [0.4, 0.5) is 0 Å². The summed E-state index contributed by atoms with van der Waals surface area (Å²) in [5, 5.41) is 9.27. The summed E-state index contributed by atoms with van der Waals surface area (Å²) in [5.41, 5.74) is 0.420. The van der Waals surface area contributed by atoms with Gasteiger partial charge < -0.3 is 10.0 Å². The standard InChI is InChI=1S/C13H15N3O3/c17-12(9-3-14-7-15-4-9)16-5-10(8-1-2-8)11(6-16)13(18)19/h3-4,7-8,10-11H,1-2,5-6H2,(H,18,19)/t10-,11+/m1/s1. The molecule has 6 nitrogen and oxygen atoms in total. The summed E-state index contributed by atoms with van der Waals surface area (Å²) in [7, 11) is 0. The Morgan fingerprint density at radius 2 is 1.89 bits per heavy atom. The summed E-state index contributed by atoms with van der Waals surface area (Å²) in [6.07, 6.45) is 6.48. The maximum absolute atomic E-state index is 12.3. The predicted octanol–water partition coefficient (Wildman–Crippen LogP) is 0.659. The molecule has 19 heavy (non-hydrogen) atoms. The summed E-state index contributed by atoms with van der Waals surface area (Å²) < 4.78 is 0. The molecule has 2 aliphatic rings. The molecule has 1 aliphatic carbocycles. The van der Waals surface area contributed by atoms with Gasteiger partial charge in [-0.05, 0) is 24.7 Å². The van der Waals surface area contributed by atoms with E-state index in [1.807, 2.05) is 0 Å². The highest BCUT2D eigenvalue weighted by molar-refractivity contribution is 5.94. The van der Waals surface area contributed by atoms with Crippen molar-refractivity contribution < 1.29 is 14.7 Å². The van der Waals surface area contributed by atoms with Crippen LogP contribution in [0.5, 0.6) is 0 Å². The van der Waals surface area contributed by atoms with Crippen LogP contribution in [0.2, 0.25) is 0 Å². The van der Waals surface area contributed by atoms with Crippen molar-refractivity contribution in [2.24, 2.45) is 17.8 Å². The molecule has 2 atom stereocenters. The predicted molar refractivity (Wildman–Crippen MR) is 65.3 cm³/mol. The molecule has 2 heterocycles. The van der Waals surface area contributed by atoms with Crippen molar-refractivity contribution in [3.63, 3.8) is 0 Å². The van der Waals surface area contributed by atoms with Crippen molar-refractivity contribution >= 4 is 11.9 Å². The van der Waals surface area contributed by atoms with E-state index in [2.05, 4.69) is 9.97 Å². The van der Waals surface area contributed by atoms with E-state index in [0.717, 1.165) is 12.8 Å². The van der Waals surface area contributed by atoms with Gasteiger partial charge in [0.15, 0.2) is 0 Å². The first-order chi connectivity index (χ1) is 9.16. The van der Waals surface area contributed by atoms with Crippen molar-refractivity contribution in [2.75, 3.05) is 13.1 Å². The Balaban J connectivity index is 1.76. The number of carbonyl (C=O) groups excluding carboxylic acids is 1. The van der Waals surface area contributed by atoms with Crippen LogP contribution in [0.25, 0.3) is 0 Å². The van der Waals surface area contributed by atoms with Crippen molar-refractivity contribution in [3.05, 3.63) is 24.3 Å². The zero-order valence-corrected chi connectivity index (χ0v) is 10.4. The molecule has 100 valence electrons. The molecule has 3 rings (SSSR count). The first-order valence-corrected chi connectivity index (χ1v) is 6.44. The molecule has 1 aliphatic heterocycles. The van der Waals surface area contributed by atoms with Crippen LogP contribution in [0.15, 0.2) is 18.7 Å². The van der Waals surface area contributed by atoms with E-state index in [4.69, 9.17) is 0 Å². The fourth-order valence-electron chi connectivity index (χ4n) is 2.85. The van der Waals surface area contributed by atoms with E-state index in [0.29, 0.717) is 24.6 Å². The Hall–Kier alpha value is -1.98. The third-order valence-corrected chi connectivity index (χ3v) is 4.00. The second-order valence-electron chi connectivity index (χ2n) is 5.28. The number of carboxylic acids is 1. The highest BCUT2D eigenvalue weighted by atomic mass is 16.4. The van der Waals surface area contributed by atoms with Gasteiger partial charge in [0, 0.05) is 25.5 Å². The van der Waals surface area contributed by atoms with Gasteiger partial charge in [-0.15, -0.1) is 0 Å². The van der Waals surface area contributed by atoms with Crippen molar-refractivity contribution in [3.8, 4) is 0 Å². The zero-order valence-electron chi connectivity index (χ0n) is 10.4. The number of carbonyl (C=O) groups is 2. The van der Waals surface area contributed by atoms with Gasteiger partial charge in [0.1, 0.15) is 6.33 Å². The SMILES string of the molecule is O=C(O)[C@H]1CN(C(=O)c2cncnc2)C[C@@H]1C1CC1. The van der Waals surface area contributed by atoms with E-state index in [1.165, 1.54) is 18.7 Å². The van der Waals surface area contributed by atoms with E-state index < -0.39 is 11.9 Å². The number of likely N-dealkylation sites (tertiary alicyclic amines) is 1. The van der Waals surface area contributed by atoms with Gasteiger partial charge >= 0.3 is 5.97 Å². The number of hydrogen-bond donors (Lipinski definition) is 1. The summed E-state index contributed by atoms with van der Waals surface area (Å²) >= 11 is 0. The van der Waals surface area contributed by atoms with Gasteiger partial charge in [0.2, 0.25) is 0 Å². The number of aromatic nitrogens is 2. The molecule has 0 unspecified atom stereocenters. The number of hydrogen-bond acceptors (Lipinski definition) is 4. The van der Waals surface area contributed by atoms with Gasteiger partial charge in [-0.25, -0.2) is 9.97 Å². The molecule has 0 radical (unpaired) electrons. The molecule has 1 N–H and O–H groups in total. The molecular weight excluding hydrogens is 246 g/mol. The summed E-state index contributed by atoms with van der Waals surface area (Å²) in [5.74, 6) is -0.815. The first kappa shape index (κ1) is 12.1. The molecule has 1 amide bonds. The van der Waals surface area contributed by atoms with E-state index in [9.17, 15) is 14.7 Å². The van der Waals surface area contributed by atoms with Crippen LogP contribution < -0.4 is 0 Å². The van der Waals surface area contributed by atoms with Crippen molar-refractivity contribution in [1.82, 2.24) is 14.9 Å². The fourth-order valence-corrected chi connectivity index (χ4v) is 2.85. The lowest BCUT2D eigenvalue weighted by molar-refractivity contribution is -0.142. The average Bonchev–Trinajstić information content (AvgIpc) is 3.17. The third kappa shape index (κ3) is 2.30. The minimum absolute atomic E-state index is 0.103. The Morgan fingerprint density at radius 1 is 1.21 bits per heavy atom. The molecule has 2 fully saturated rings. The van der Waals surface area contributed by atoms with E-state index >= 15 is 0 Å². The number of aliphatic carboxylic acids is 1. The van der Waals surface area contributed by atoms with Crippen LogP contribution >= 0.6 is 0 Å². The number of rotatable bonds is 3. The molecule has 6 heteroatoms. The maximum atomic E-state index is 12.3. The molecule has 0 spiro atoms. The summed E-state index contributed by atoms with van der Waals surface area (Å²) in [6.45, 7) is 0.833. The minimum atomic E-state index is -0.795. The van der Waals surface area contributed by atoms with Gasteiger partial charge in [-0.2, -0.15) is 0 Å². The molecule has 1 aromatic rings. The second-order valence-corrected chi connectivity index (χ2v) is 5.28. The molecule has 0 bridgehead atoms. The Labute approximate surface area is 110 Å². The van der Waals surface area contributed by atoms with Gasteiger partial charge in [-0.3, -0.25) is 9.59 Å². The highest BCUT2D eigenvalue weighted by Crippen LogP contribution is 2.44. The molecular formula is C13H15N3O3. The monoisotopic (exact) mass is 261 g/mol. The molecule has 1 saturated carbocycles. The smallest absolute Gasteiger partial charge is 0.308 e. The largest absolute Gasteiger partial charge is 0.481 e. The lowest BCUT2D eigenvalue weighted by atomic mass is 9.92. The Bertz CT molecular complexity index is 501. The lowest BCUT2D eigenvalue weighted by Gasteiger charge is -2.15. The maximum Gasteiger partial charge on any atom is 0.308 e. The van der Waals surface area contributed by atoms with Crippen molar-refractivity contribution in [1.29, 1.82) is 0 Å². The fraction of sp³-hybridized carbons (Fsp3) is 0.538. The zero-order chi connectivity index (χ0) is 13.4. The number of carboxylic acid groups (broad SMARTS) is 1. The number of amides is 1. The van der Waals surface area contributed by atoms with Crippen LogP contribution in [0.1, 0.15) is 23.2 Å². The van der Waals surface area contributed by atoms with Crippen LogP contribution in [0.3, 0.4) is 0 Å². The molecule has 0 aromatic carbocycles. The Morgan fingerprint density at radius 3 is 2.47 bits per heavy atom. The number of nitrogens with zero attached hydrogens (tertiary/aromatic N) is 3. The minimum Gasteiger partial charge on any atom is -0.481 e. The van der Waals surface area contributed by atoms with Crippen LogP contribution in [0, 0.1) is 17.8 Å². The van der Waals surface area contributed by atoms with Crippen LogP contribution in [-0.4, -0.2) is 44.9 Å². The van der Waals surface area contributed by atoms with Gasteiger partial charge in [0.05, 0.1) is 11.5 Å². The van der Waals surface area contributed by atoms with Crippen LogP contribution in [-0.2, 0) is 4.79 Å². The molecule has 1 aromatic heterocycles. The Kier molecular flexibility index (Phi) is 2.93. The topological polar surface area (TPSA) is 83.4 Å². The van der Waals surface area contributed by atoms with E-state index in [1.54, 1.807) is 4.90 Å². The highest BCUT2D eigenvalue weighted by Gasteiger charge is 2.46. The van der Waals surface area contributed by atoms with Gasteiger partial charge in [0.25, 0.3) is 5.91 Å². The lowest BCUT2D eigenvalue weighted by Crippen LogP contribution is -2.30. The third-order valence-electron chi connectivity index (χ3n) is 4.00. The first-order valence-electron chi connectivity index (χ1n) is 6.44. The van der Waals surface area contributed by atoms with E-state index in [-0.39, 0.29) is 11.8 Å². The quantitative estimate of drug-likeness (QED) is 0.864. The average molecular weight is 261 g/mol. The van der Waals surface area contributed by atoms with Crippen molar-refractivity contribution in [2.45, 2.75) is 12.8 Å². The molecule has 1 saturated heterocycles. The summed E-state index contributed by atoms with van der Waals surface area (Å²) in [4.78, 5) is 32.8.